The van der Waals surface area contributed by atoms with Crippen LogP contribution in [0.25, 0.3) is 0 Å². The van der Waals surface area contributed by atoms with Gasteiger partial charge in [0.05, 0.1) is 16.9 Å². The zero-order valence-electron chi connectivity index (χ0n) is 11.2. The molecular formula is C13H17BrN2O2S. The molecule has 6 heteroatoms. The van der Waals surface area contributed by atoms with Crippen molar-refractivity contribution in [2.24, 2.45) is 5.92 Å². The van der Waals surface area contributed by atoms with Crippen molar-refractivity contribution in [2.75, 3.05) is 13.1 Å². The van der Waals surface area contributed by atoms with Gasteiger partial charge in [-0.2, -0.15) is 9.57 Å². The number of hydrogen-bond donors (Lipinski definition) is 0. The standard InChI is InChI=1S/C13H17BrN2O2S/c1-4-16(9-11(3)8-15)19(17,18)13-7-10(2)5-6-12(13)14/h5-7,11H,4,9H2,1-3H3/t11-/m1/s1. The second-order valence-electron chi connectivity index (χ2n) is 4.42. The third kappa shape index (κ3) is 3.78. The first-order chi connectivity index (χ1) is 8.82. The summed E-state index contributed by atoms with van der Waals surface area (Å²) in [5.74, 6) is -0.335. The van der Waals surface area contributed by atoms with E-state index in [0.717, 1.165) is 5.56 Å². The fourth-order valence-electron chi connectivity index (χ4n) is 1.69. The first kappa shape index (κ1) is 16.2. The van der Waals surface area contributed by atoms with Gasteiger partial charge >= 0.3 is 0 Å². The number of nitriles is 1. The minimum atomic E-state index is -3.57. The maximum absolute atomic E-state index is 12.6. The first-order valence-corrected chi connectivity index (χ1v) is 8.22. The Hall–Kier alpha value is -0.900. The largest absolute Gasteiger partial charge is 0.244 e. The van der Waals surface area contributed by atoms with Gasteiger partial charge in [0.2, 0.25) is 10.0 Å². The molecule has 0 spiro atoms. The summed E-state index contributed by atoms with van der Waals surface area (Å²) in [6.07, 6.45) is 0. The Morgan fingerprint density at radius 2 is 2.11 bits per heavy atom. The molecule has 0 aromatic heterocycles. The number of rotatable bonds is 5. The van der Waals surface area contributed by atoms with Gasteiger partial charge in [0.25, 0.3) is 0 Å². The van der Waals surface area contributed by atoms with Crippen molar-refractivity contribution in [2.45, 2.75) is 25.7 Å². The predicted molar refractivity (Wildman–Crippen MR) is 78.1 cm³/mol. The Morgan fingerprint density at radius 1 is 1.47 bits per heavy atom. The Balaban J connectivity index is 3.21. The van der Waals surface area contributed by atoms with Crippen LogP contribution in [0.15, 0.2) is 27.6 Å². The number of nitrogens with zero attached hydrogens (tertiary/aromatic N) is 2. The molecular weight excluding hydrogens is 328 g/mol. The Bertz CT molecular complexity index is 593. The number of aryl methyl sites for hydroxylation is 1. The highest BCUT2D eigenvalue weighted by Gasteiger charge is 2.26. The van der Waals surface area contributed by atoms with Crippen molar-refractivity contribution in [1.29, 1.82) is 5.26 Å². The van der Waals surface area contributed by atoms with Crippen LogP contribution < -0.4 is 0 Å². The molecule has 0 unspecified atom stereocenters. The van der Waals surface area contributed by atoms with E-state index in [4.69, 9.17) is 5.26 Å². The molecule has 0 radical (unpaired) electrons. The molecule has 19 heavy (non-hydrogen) atoms. The van der Waals surface area contributed by atoms with E-state index in [2.05, 4.69) is 22.0 Å². The summed E-state index contributed by atoms with van der Waals surface area (Å²) in [5.41, 5.74) is 0.881. The molecule has 0 heterocycles. The molecule has 1 rings (SSSR count). The van der Waals surface area contributed by atoms with Crippen LogP contribution in [0.5, 0.6) is 0 Å². The summed E-state index contributed by atoms with van der Waals surface area (Å²) in [7, 11) is -3.57. The second-order valence-corrected chi connectivity index (χ2v) is 7.18. The number of benzene rings is 1. The highest BCUT2D eigenvalue weighted by atomic mass is 79.9. The molecule has 1 atom stereocenters. The van der Waals surface area contributed by atoms with Gasteiger partial charge in [-0.05, 0) is 47.5 Å². The van der Waals surface area contributed by atoms with Gasteiger partial charge in [-0.1, -0.05) is 13.0 Å². The molecule has 104 valence electrons. The average molecular weight is 345 g/mol. The number of hydrogen-bond acceptors (Lipinski definition) is 3. The van der Waals surface area contributed by atoms with E-state index in [9.17, 15) is 8.42 Å². The van der Waals surface area contributed by atoms with E-state index in [1.165, 1.54) is 4.31 Å². The average Bonchev–Trinajstić information content (AvgIpc) is 2.37. The Labute approximate surface area is 123 Å². The molecule has 0 N–H and O–H groups in total. The van der Waals surface area contributed by atoms with Crippen LogP contribution in [0.1, 0.15) is 19.4 Å². The lowest BCUT2D eigenvalue weighted by molar-refractivity contribution is 0.399. The van der Waals surface area contributed by atoms with Crippen LogP contribution in [0.3, 0.4) is 0 Å². The Kier molecular flexibility index (Phi) is 5.53. The lowest BCUT2D eigenvalue weighted by Crippen LogP contribution is -2.34. The molecule has 0 aliphatic carbocycles. The van der Waals surface area contributed by atoms with E-state index in [-0.39, 0.29) is 17.4 Å². The van der Waals surface area contributed by atoms with Gasteiger partial charge in [-0.15, -0.1) is 0 Å². The summed E-state index contributed by atoms with van der Waals surface area (Å²) >= 11 is 3.28. The number of halogens is 1. The summed E-state index contributed by atoms with van der Waals surface area (Å²) in [6, 6.07) is 7.27. The quantitative estimate of drug-likeness (QED) is 0.824. The van der Waals surface area contributed by atoms with Crippen molar-refractivity contribution in [1.82, 2.24) is 4.31 Å². The van der Waals surface area contributed by atoms with Crippen molar-refractivity contribution in [3.63, 3.8) is 0 Å². The van der Waals surface area contributed by atoms with E-state index in [0.29, 0.717) is 11.0 Å². The van der Waals surface area contributed by atoms with Crippen molar-refractivity contribution in [3.8, 4) is 6.07 Å². The van der Waals surface area contributed by atoms with Gasteiger partial charge in [0.1, 0.15) is 0 Å². The molecule has 0 saturated carbocycles. The zero-order valence-corrected chi connectivity index (χ0v) is 13.6. The van der Waals surface area contributed by atoms with Crippen LogP contribution >= 0.6 is 15.9 Å². The van der Waals surface area contributed by atoms with E-state index < -0.39 is 10.0 Å². The maximum Gasteiger partial charge on any atom is 0.244 e. The lowest BCUT2D eigenvalue weighted by atomic mass is 10.2. The van der Waals surface area contributed by atoms with Gasteiger partial charge < -0.3 is 0 Å². The van der Waals surface area contributed by atoms with E-state index in [1.54, 1.807) is 26.0 Å². The fraction of sp³-hybridized carbons (Fsp3) is 0.462. The molecule has 1 aromatic rings. The molecule has 0 aliphatic heterocycles. The van der Waals surface area contributed by atoms with Crippen LogP contribution in [0.4, 0.5) is 0 Å². The predicted octanol–water partition coefficient (Wildman–Crippen LogP) is 2.93. The van der Waals surface area contributed by atoms with Gasteiger partial charge in [0.15, 0.2) is 0 Å². The van der Waals surface area contributed by atoms with Gasteiger partial charge in [0, 0.05) is 17.6 Å². The zero-order chi connectivity index (χ0) is 14.6. The normalized spacial score (nSPS) is 13.3. The van der Waals surface area contributed by atoms with Crippen LogP contribution in [-0.2, 0) is 10.0 Å². The first-order valence-electron chi connectivity index (χ1n) is 5.98. The topological polar surface area (TPSA) is 61.2 Å². The van der Waals surface area contributed by atoms with Crippen molar-refractivity contribution < 1.29 is 8.42 Å². The van der Waals surface area contributed by atoms with Crippen LogP contribution in [-0.4, -0.2) is 25.8 Å². The summed E-state index contributed by atoms with van der Waals surface area (Å²) in [6.45, 7) is 5.87. The summed E-state index contributed by atoms with van der Waals surface area (Å²) < 4.78 is 27.0. The van der Waals surface area contributed by atoms with Crippen molar-refractivity contribution in [3.05, 3.63) is 28.2 Å². The third-order valence-electron chi connectivity index (χ3n) is 2.76. The molecule has 0 saturated heterocycles. The SMILES string of the molecule is CCN(C[C@H](C)C#N)S(=O)(=O)c1cc(C)ccc1Br. The third-order valence-corrected chi connectivity index (χ3v) is 5.69. The summed E-state index contributed by atoms with van der Waals surface area (Å²) in [4.78, 5) is 0.250. The highest BCUT2D eigenvalue weighted by Crippen LogP contribution is 2.26. The monoisotopic (exact) mass is 344 g/mol. The lowest BCUT2D eigenvalue weighted by Gasteiger charge is -2.22. The second kappa shape index (κ2) is 6.51. The van der Waals surface area contributed by atoms with Crippen LogP contribution in [0.2, 0.25) is 0 Å². The van der Waals surface area contributed by atoms with E-state index in [1.807, 2.05) is 13.0 Å². The molecule has 1 aromatic carbocycles. The molecule has 0 bridgehead atoms. The minimum absolute atomic E-state index is 0.204. The minimum Gasteiger partial charge on any atom is -0.207 e. The van der Waals surface area contributed by atoms with E-state index >= 15 is 0 Å². The molecule has 0 amide bonds. The highest BCUT2D eigenvalue weighted by molar-refractivity contribution is 9.10. The Morgan fingerprint density at radius 3 is 2.63 bits per heavy atom. The maximum atomic E-state index is 12.6. The summed E-state index contributed by atoms with van der Waals surface area (Å²) in [5, 5.41) is 8.83. The number of sulfonamides is 1. The van der Waals surface area contributed by atoms with Crippen LogP contribution in [0, 0.1) is 24.2 Å². The van der Waals surface area contributed by atoms with Crippen molar-refractivity contribution >= 4 is 26.0 Å². The molecule has 0 fully saturated rings. The molecule has 0 aliphatic rings. The fourth-order valence-corrected chi connectivity index (χ4v) is 4.24. The smallest absolute Gasteiger partial charge is 0.207 e. The van der Waals surface area contributed by atoms with Gasteiger partial charge in [-0.25, -0.2) is 8.42 Å². The van der Waals surface area contributed by atoms with Gasteiger partial charge in [-0.3, -0.25) is 0 Å². The molecule has 4 nitrogen and oxygen atoms in total.